The zero-order valence-electron chi connectivity index (χ0n) is 19.7. The topological polar surface area (TPSA) is 92.3 Å². The van der Waals surface area contributed by atoms with E-state index < -0.39 is 6.10 Å². The molecule has 1 fully saturated rings. The van der Waals surface area contributed by atoms with Crippen LogP contribution in [0.3, 0.4) is 0 Å². The number of aromatic amines is 1. The van der Waals surface area contributed by atoms with Gasteiger partial charge in [0, 0.05) is 48.7 Å². The van der Waals surface area contributed by atoms with E-state index in [1.165, 1.54) is 0 Å². The molecule has 4 aromatic rings. The number of fused-ring (bicyclic) bond motifs is 2. The first-order chi connectivity index (χ1) is 16.4. The fourth-order valence-corrected chi connectivity index (χ4v) is 4.59. The molecular weight excluding hydrogens is 430 g/mol. The third-order valence-electron chi connectivity index (χ3n) is 6.73. The molecule has 2 aromatic carbocycles. The van der Waals surface area contributed by atoms with Crippen LogP contribution in [0.15, 0.2) is 42.5 Å². The number of nitrogens with one attached hydrogen (secondary N) is 2. The van der Waals surface area contributed by atoms with Gasteiger partial charge in [0.1, 0.15) is 5.82 Å². The van der Waals surface area contributed by atoms with E-state index in [0.717, 1.165) is 39.0 Å². The van der Waals surface area contributed by atoms with Gasteiger partial charge in [-0.1, -0.05) is 12.1 Å². The first kappa shape index (κ1) is 22.2. The zero-order chi connectivity index (χ0) is 23.8. The van der Waals surface area contributed by atoms with Gasteiger partial charge in [-0.15, -0.1) is 0 Å². The van der Waals surface area contributed by atoms with Gasteiger partial charge in [-0.3, -0.25) is 9.59 Å². The third-order valence-corrected chi connectivity index (χ3v) is 6.73. The van der Waals surface area contributed by atoms with E-state index in [2.05, 4.69) is 22.2 Å². The number of amides is 2. The molecule has 0 bridgehead atoms. The number of carbonyl (C=O) groups excluding carboxylic acids is 2. The van der Waals surface area contributed by atoms with Crippen LogP contribution >= 0.6 is 0 Å². The first-order valence-electron chi connectivity index (χ1n) is 11.6. The van der Waals surface area contributed by atoms with Gasteiger partial charge >= 0.3 is 0 Å². The lowest BCUT2D eigenvalue weighted by molar-refractivity contribution is -0.144. The van der Waals surface area contributed by atoms with Crippen LogP contribution in [0.4, 0.5) is 5.69 Å². The predicted octanol–water partition coefficient (Wildman–Crippen LogP) is 3.47. The van der Waals surface area contributed by atoms with Crippen LogP contribution in [0.1, 0.15) is 23.5 Å². The van der Waals surface area contributed by atoms with Crippen LogP contribution in [0.25, 0.3) is 21.9 Å². The average Bonchev–Trinajstić information content (AvgIpc) is 3.33. The Labute approximate surface area is 197 Å². The summed E-state index contributed by atoms with van der Waals surface area (Å²) in [6, 6.07) is 13.7. The van der Waals surface area contributed by atoms with Crippen molar-refractivity contribution in [3.05, 3.63) is 59.5 Å². The van der Waals surface area contributed by atoms with Gasteiger partial charge < -0.3 is 24.5 Å². The van der Waals surface area contributed by atoms with Crippen molar-refractivity contribution in [1.82, 2.24) is 19.4 Å². The summed E-state index contributed by atoms with van der Waals surface area (Å²) >= 11 is 0. The number of aromatic nitrogens is 3. The van der Waals surface area contributed by atoms with Crippen molar-refractivity contribution in [3.8, 4) is 0 Å². The maximum atomic E-state index is 12.9. The van der Waals surface area contributed by atoms with Crippen LogP contribution in [0, 0.1) is 13.8 Å². The SMILES string of the molecule is Cc1[nH]c2ccc(NC(=O)C3CN(C(=O)CCc4nc5ccccc5n4C)CCO3)cc2c1C. The molecule has 8 nitrogen and oxygen atoms in total. The Hall–Kier alpha value is -3.65. The molecule has 1 unspecified atom stereocenters. The van der Waals surface area contributed by atoms with Crippen LogP contribution in [0.5, 0.6) is 0 Å². The van der Waals surface area contributed by atoms with Crippen LogP contribution in [-0.4, -0.2) is 57.0 Å². The van der Waals surface area contributed by atoms with Crippen molar-refractivity contribution >= 4 is 39.4 Å². The highest BCUT2D eigenvalue weighted by Crippen LogP contribution is 2.25. The zero-order valence-corrected chi connectivity index (χ0v) is 19.7. The van der Waals surface area contributed by atoms with Crippen LogP contribution < -0.4 is 5.32 Å². The lowest BCUT2D eigenvalue weighted by atomic mass is 10.1. The van der Waals surface area contributed by atoms with Gasteiger partial charge in [-0.2, -0.15) is 0 Å². The molecule has 1 saturated heterocycles. The number of ether oxygens (including phenoxy) is 1. The van der Waals surface area contributed by atoms with Crippen molar-refractivity contribution in [1.29, 1.82) is 0 Å². The summed E-state index contributed by atoms with van der Waals surface area (Å²) in [5.41, 5.74) is 6.02. The van der Waals surface area contributed by atoms with Crippen molar-refractivity contribution in [2.24, 2.45) is 7.05 Å². The highest BCUT2D eigenvalue weighted by atomic mass is 16.5. The summed E-state index contributed by atoms with van der Waals surface area (Å²) < 4.78 is 7.73. The molecule has 2 aromatic heterocycles. The number of anilines is 1. The molecular formula is C26H29N5O3. The Balaban J connectivity index is 1.20. The molecule has 8 heteroatoms. The van der Waals surface area contributed by atoms with Crippen molar-refractivity contribution in [2.75, 3.05) is 25.0 Å². The number of carbonyl (C=O) groups is 2. The van der Waals surface area contributed by atoms with E-state index in [1.807, 2.05) is 61.0 Å². The first-order valence-corrected chi connectivity index (χ1v) is 11.6. The molecule has 1 aliphatic heterocycles. The molecule has 3 heterocycles. The minimum absolute atomic E-state index is 0.00741. The fourth-order valence-electron chi connectivity index (χ4n) is 4.59. The van der Waals surface area contributed by atoms with Gasteiger partial charge in [0.25, 0.3) is 5.91 Å². The lowest BCUT2D eigenvalue weighted by Gasteiger charge is -2.32. The van der Waals surface area contributed by atoms with E-state index >= 15 is 0 Å². The van der Waals surface area contributed by atoms with Crippen molar-refractivity contribution < 1.29 is 14.3 Å². The number of hydrogen-bond donors (Lipinski definition) is 2. The number of H-pyrrole nitrogens is 1. The Bertz CT molecular complexity index is 1390. The molecule has 0 radical (unpaired) electrons. The van der Waals surface area contributed by atoms with Gasteiger partial charge in [-0.25, -0.2) is 4.98 Å². The monoisotopic (exact) mass is 459 g/mol. The normalized spacial score (nSPS) is 16.3. The molecule has 0 spiro atoms. The molecule has 176 valence electrons. The van der Waals surface area contributed by atoms with E-state index in [4.69, 9.17) is 4.74 Å². The van der Waals surface area contributed by atoms with Crippen LogP contribution in [0.2, 0.25) is 0 Å². The van der Waals surface area contributed by atoms with Crippen LogP contribution in [-0.2, 0) is 27.8 Å². The second-order valence-electron chi connectivity index (χ2n) is 8.90. The van der Waals surface area contributed by atoms with E-state index in [1.54, 1.807) is 4.90 Å². The Morgan fingerprint density at radius 1 is 1.21 bits per heavy atom. The van der Waals surface area contributed by atoms with Gasteiger partial charge in [0.05, 0.1) is 24.2 Å². The number of rotatable bonds is 5. The second-order valence-corrected chi connectivity index (χ2v) is 8.90. The summed E-state index contributed by atoms with van der Waals surface area (Å²) in [7, 11) is 1.97. The lowest BCUT2D eigenvalue weighted by Crippen LogP contribution is -2.50. The minimum Gasteiger partial charge on any atom is -0.365 e. The number of para-hydroxylation sites is 2. The smallest absolute Gasteiger partial charge is 0.255 e. The Kier molecular flexibility index (Phi) is 5.83. The Morgan fingerprint density at radius 3 is 2.85 bits per heavy atom. The number of nitrogens with zero attached hydrogens (tertiary/aromatic N) is 3. The van der Waals surface area contributed by atoms with Crippen molar-refractivity contribution in [2.45, 2.75) is 32.8 Å². The number of benzene rings is 2. The molecule has 0 aliphatic carbocycles. The molecule has 1 atom stereocenters. The summed E-state index contributed by atoms with van der Waals surface area (Å²) in [6.45, 7) is 5.16. The minimum atomic E-state index is -0.696. The summed E-state index contributed by atoms with van der Waals surface area (Å²) in [6.07, 6.45) is 0.195. The van der Waals surface area contributed by atoms with Crippen molar-refractivity contribution in [3.63, 3.8) is 0 Å². The quantitative estimate of drug-likeness (QED) is 0.478. The van der Waals surface area contributed by atoms with Gasteiger partial charge in [0.15, 0.2) is 6.10 Å². The number of hydrogen-bond acceptors (Lipinski definition) is 4. The summed E-state index contributed by atoms with van der Waals surface area (Å²) in [4.78, 5) is 35.5. The highest BCUT2D eigenvalue weighted by molar-refractivity contribution is 5.97. The molecule has 2 amide bonds. The summed E-state index contributed by atoms with van der Waals surface area (Å²) in [5, 5.41) is 4.03. The van der Waals surface area contributed by atoms with E-state index in [-0.39, 0.29) is 18.4 Å². The molecule has 5 rings (SSSR count). The van der Waals surface area contributed by atoms with E-state index in [9.17, 15) is 9.59 Å². The largest absolute Gasteiger partial charge is 0.365 e. The molecule has 0 saturated carbocycles. The fraction of sp³-hybridized carbons (Fsp3) is 0.346. The maximum absolute atomic E-state index is 12.9. The second kappa shape index (κ2) is 8.95. The summed E-state index contributed by atoms with van der Waals surface area (Å²) in [5.74, 6) is 0.646. The Morgan fingerprint density at radius 2 is 2.03 bits per heavy atom. The standard InChI is InChI=1S/C26H29N5O3/c1-16-17(2)27-20-9-8-18(14-19(16)20)28-26(33)23-15-31(12-13-34-23)25(32)11-10-24-29-21-6-4-5-7-22(21)30(24)3/h4-9,14,23,27H,10-13,15H2,1-3H3,(H,28,33). The third kappa shape index (κ3) is 4.17. The number of imidazole rings is 1. The highest BCUT2D eigenvalue weighted by Gasteiger charge is 2.29. The van der Waals surface area contributed by atoms with Gasteiger partial charge in [0.2, 0.25) is 5.91 Å². The van der Waals surface area contributed by atoms with E-state index in [0.29, 0.717) is 31.7 Å². The molecule has 2 N–H and O–H groups in total. The average molecular weight is 460 g/mol. The number of morpholine rings is 1. The maximum Gasteiger partial charge on any atom is 0.255 e. The van der Waals surface area contributed by atoms with Gasteiger partial charge in [-0.05, 0) is 49.7 Å². The predicted molar refractivity (Wildman–Crippen MR) is 132 cm³/mol. The molecule has 34 heavy (non-hydrogen) atoms. The molecule has 1 aliphatic rings. The number of aryl methyl sites for hydroxylation is 4.